The molecule has 0 aliphatic rings. The van der Waals surface area contributed by atoms with Gasteiger partial charge in [0.2, 0.25) is 0 Å². The fraction of sp³-hybridized carbons (Fsp3) is 0. The van der Waals surface area contributed by atoms with Crippen molar-refractivity contribution >= 4 is 92.1 Å². The fourth-order valence-corrected chi connectivity index (χ4v) is 9.18. The number of hydrogen-bond acceptors (Lipinski definition) is 3. The van der Waals surface area contributed by atoms with E-state index in [1.165, 1.54) is 52.8 Å². The standard InChI is InChI=1S/C50H31NOS/c1-2-9-32(10-3-1)33-19-24-37(25-20-33)51(39-28-30-47-45(31-39)42-13-6-7-16-46(42)53-47)38-26-21-35(22-27-38)41-14-8-15-43-44-29-23-36-18-17-34-11-4-5-12-40(34)48(36)50(44)52-49(41)43/h1-31H. The average molecular weight is 694 g/mol. The molecule has 0 unspecified atom stereocenters. The van der Waals surface area contributed by atoms with E-state index in [-0.39, 0.29) is 0 Å². The van der Waals surface area contributed by atoms with Gasteiger partial charge in [-0.3, -0.25) is 0 Å². The quantitative estimate of drug-likeness (QED) is 0.167. The second-order valence-corrected chi connectivity index (χ2v) is 14.8. The lowest BCUT2D eigenvalue weighted by atomic mass is 9.98. The van der Waals surface area contributed by atoms with Crippen molar-refractivity contribution in [2.24, 2.45) is 0 Å². The number of thiophene rings is 1. The van der Waals surface area contributed by atoms with E-state index >= 15 is 0 Å². The van der Waals surface area contributed by atoms with Gasteiger partial charge in [-0.2, -0.15) is 0 Å². The number of furan rings is 1. The zero-order chi connectivity index (χ0) is 34.9. The Morgan fingerprint density at radius 1 is 0.358 bits per heavy atom. The zero-order valence-corrected chi connectivity index (χ0v) is 29.5. The summed E-state index contributed by atoms with van der Waals surface area (Å²) in [6, 6.07) is 67.9. The molecule has 0 bridgehead atoms. The van der Waals surface area contributed by atoms with Crippen molar-refractivity contribution in [3.63, 3.8) is 0 Å². The van der Waals surface area contributed by atoms with E-state index in [2.05, 4.69) is 193 Å². The number of para-hydroxylation sites is 1. The Labute approximate surface area is 310 Å². The molecule has 0 amide bonds. The highest BCUT2D eigenvalue weighted by Gasteiger charge is 2.18. The van der Waals surface area contributed by atoms with Crippen LogP contribution >= 0.6 is 11.3 Å². The minimum absolute atomic E-state index is 0.916. The first-order valence-electron chi connectivity index (χ1n) is 18.0. The molecule has 2 nitrogen and oxygen atoms in total. The monoisotopic (exact) mass is 693 g/mol. The van der Waals surface area contributed by atoms with Crippen molar-refractivity contribution in [1.29, 1.82) is 0 Å². The highest BCUT2D eigenvalue weighted by atomic mass is 32.1. The van der Waals surface area contributed by atoms with Gasteiger partial charge in [0, 0.05) is 59.0 Å². The van der Waals surface area contributed by atoms with E-state index < -0.39 is 0 Å². The van der Waals surface area contributed by atoms with E-state index in [0.29, 0.717) is 0 Å². The van der Waals surface area contributed by atoms with Crippen molar-refractivity contribution in [2.45, 2.75) is 0 Å². The minimum atomic E-state index is 0.916. The van der Waals surface area contributed by atoms with E-state index in [4.69, 9.17) is 4.42 Å². The first-order chi connectivity index (χ1) is 26.3. The summed E-state index contributed by atoms with van der Waals surface area (Å²) >= 11 is 1.85. The first-order valence-corrected chi connectivity index (χ1v) is 18.8. The SMILES string of the molecule is c1ccc(-c2ccc(N(c3ccc(-c4cccc5c4oc4c5ccc5ccc6ccccc6c54)cc3)c3ccc4sc5ccccc5c4c3)cc2)cc1. The van der Waals surface area contributed by atoms with Crippen LogP contribution in [0.4, 0.5) is 17.1 Å². The second-order valence-electron chi connectivity index (χ2n) is 13.7. The molecule has 0 saturated carbocycles. The van der Waals surface area contributed by atoms with Crippen molar-refractivity contribution in [2.75, 3.05) is 4.90 Å². The molecule has 0 spiro atoms. The zero-order valence-electron chi connectivity index (χ0n) is 28.7. The Kier molecular flexibility index (Phi) is 6.76. The lowest BCUT2D eigenvalue weighted by molar-refractivity contribution is 0.674. The molecule has 3 heteroatoms. The molecule has 9 aromatic carbocycles. The summed E-state index contributed by atoms with van der Waals surface area (Å²) in [5.41, 5.74) is 9.79. The number of fused-ring (bicyclic) bond motifs is 10. The molecule has 53 heavy (non-hydrogen) atoms. The Balaban J connectivity index is 1.05. The Bertz CT molecular complexity index is 3150. The fourth-order valence-electron chi connectivity index (χ4n) is 8.09. The molecule has 11 aromatic rings. The normalized spacial score (nSPS) is 11.8. The number of rotatable bonds is 5. The van der Waals surface area contributed by atoms with Gasteiger partial charge < -0.3 is 9.32 Å². The molecule has 2 heterocycles. The molecule has 248 valence electrons. The largest absolute Gasteiger partial charge is 0.455 e. The molecule has 0 atom stereocenters. The highest BCUT2D eigenvalue weighted by Crippen LogP contribution is 2.44. The number of benzene rings is 9. The van der Waals surface area contributed by atoms with Gasteiger partial charge in [-0.05, 0) is 87.4 Å². The topological polar surface area (TPSA) is 16.4 Å². The summed E-state index contributed by atoms with van der Waals surface area (Å²) in [5, 5.41) is 9.64. The Hall–Kier alpha value is -6.68. The van der Waals surface area contributed by atoms with E-state index in [0.717, 1.165) is 50.1 Å². The van der Waals surface area contributed by atoms with Crippen LogP contribution in [0.25, 0.3) is 85.9 Å². The van der Waals surface area contributed by atoms with Gasteiger partial charge in [-0.15, -0.1) is 11.3 Å². The summed E-state index contributed by atoms with van der Waals surface area (Å²) in [6.07, 6.45) is 0. The van der Waals surface area contributed by atoms with Gasteiger partial charge in [-0.25, -0.2) is 0 Å². The van der Waals surface area contributed by atoms with Crippen LogP contribution in [0.3, 0.4) is 0 Å². The average Bonchev–Trinajstić information content (AvgIpc) is 3.80. The van der Waals surface area contributed by atoms with E-state index in [9.17, 15) is 0 Å². The maximum atomic E-state index is 6.88. The molecule has 0 aliphatic heterocycles. The maximum absolute atomic E-state index is 6.88. The van der Waals surface area contributed by atoms with E-state index in [1.54, 1.807) is 0 Å². The van der Waals surface area contributed by atoms with Gasteiger partial charge in [0.1, 0.15) is 11.2 Å². The molecule has 0 N–H and O–H groups in total. The van der Waals surface area contributed by atoms with Crippen LogP contribution in [0, 0.1) is 0 Å². The van der Waals surface area contributed by atoms with Crippen LogP contribution in [0.2, 0.25) is 0 Å². The van der Waals surface area contributed by atoms with Gasteiger partial charge in [-0.1, -0.05) is 133 Å². The lowest BCUT2D eigenvalue weighted by Gasteiger charge is -2.26. The molecular weight excluding hydrogens is 663 g/mol. The van der Waals surface area contributed by atoms with Crippen molar-refractivity contribution in [3.8, 4) is 22.3 Å². The maximum Gasteiger partial charge on any atom is 0.143 e. The van der Waals surface area contributed by atoms with Crippen molar-refractivity contribution in [1.82, 2.24) is 0 Å². The molecular formula is C50H31NOS. The van der Waals surface area contributed by atoms with Crippen LogP contribution in [-0.2, 0) is 0 Å². The van der Waals surface area contributed by atoms with E-state index in [1.807, 2.05) is 11.3 Å². The van der Waals surface area contributed by atoms with Gasteiger partial charge in [0.25, 0.3) is 0 Å². The lowest BCUT2D eigenvalue weighted by Crippen LogP contribution is -2.09. The third-order valence-electron chi connectivity index (χ3n) is 10.7. The summed E-state index contributed by atoms with van der Waals surface area (Å²) in [7, 11) is 0. The van der Waals surface area contributed by atoms with Crippen molar-refractivity contribution in [3.05, 3.63) is 188 Å². The summed E-state index contributed by atoms with van der Waals surface area (Å²) < 4.78 is 9.49. The van der Waals surface area contributed by atoms with Gasteiger partial charge in [0.05, 0.1) is 0 Å². The predicted molar refractivity (Wildman–Crippen MR) is 227 cm³/mol. The molecule has 0 fully saturated rings. The number of anilines is 3. The van der Waals surface area contributed by atoms with Crippen LogP contribution in [0.5, 0.6) is 0 Å². The summed E-state index contributed by atoms with van der Waals surface area (Å²) in [5.74, 6) is 0. The Morgan fingerprint density at radius 2 is 0.962 bits per heavy atom. The van der Waals surface area contributed by atoms with Crippen molar-refractivity contribution < 1.29 is 4.42 Å². The second kappa shape index (κ2) is 11.9. The summed E-state index contributed by atoms with van der Waals surface area (Å²) in [4.78, 5) is 2.36. The van der Waals surface area contributed by atoms with Crippen LogP contribution in [-0.4, -0.2) is 0 Å². The predicted octanol–water partition coefficient (Wildman–Crippen LogP) is 15.1. The number of nitrogens with zero attached hydrogens (tertiary/aromatic N) is 1. The van der Waals surface area contributed by atoms with Crippen LogP contribution < -0.4 is 4.90 Å². The third-order valence-corrected chi connectivity index (χ3v) is 11.8. The van der Waals surface area contributed by atoms with Crippen LogP contribution in [0.1, 0.15) is 0 Å². The first kappa shape index (κ1) is 30.0. The molecule has 0 saturated heterocycles. The molecule has 2 aromatic heterocycles. The molecule has 0 radical (unpaired) electrons. The third kappa shape index (κ3) is 4.86. The van der Waals surface area contributed by atoms with Crippen LogP contribution in [0.15, 0.2) is 192 Å². The van der Waals surface area contributed by atoms with Gasteiger partial charge >= 0.3 is 0 Å². The summed E-state index contributed by atoms with van der Waals surface area (Å²) in [6.45, 7) is 0. The smallest absolute Gasteiger partial charge is 0.143 e. The Morgan fingerprint density at radius 3 is 1.79 bits per heavy atom. The molecule has 0 aliphatic carbocycles. The highest BCUT2D eigenvalue weighted by molar-refractivity contribution is 7.25. The minimum Gasteiger partial charge on any atom is -0.455 e. The van der Waals surface area contributed by atoms with Gasteiger partial charge in [0.15, 0.2) is 0 Å². The molecule has 11 rings (SSSR count). The number of hydrogen-bond donors (Lipinski definition) is 0.